The molecule has 1 aromatic heterocycles. The second kappa shape index (κ2) is 7.37. The first-order chi connectivity index (χ1) is 11.3. The van der Waals surface area contributed by atoms with Gasteiger partial charge in [0.2, 0.25) is 0 Å². The molecule has 2 atom stereocenters. The SMILES string of the molecule is C[C@@H](NC(=O)NC[C@@H](c1ccccc1)C(F)(F)F)c1cnn(C)c1. The number of hydrogen-bond acceptors (Lipinski definition) is 2. The van der Waals surface area contributed by atoms with Gasteiger partial charge in [-0.25, -0.2) is 4.79 Å². The predicted molar refractivity (Wildman–Crippen MR) is 83.4 cm³/mol. The van der Waals surface area contributed by atoms with Gasteiger partial charge in [0, 0.05) is 25.4 Å². The highest BCUT2D eigenvalue weighted by Gasteiger charge is 2.40. The third-order valence-corrected chi connectivity index (χ3v) is 3.64. The van der Waals surface area contributed by atoms with Gasteiger partial charge in [0.1, 0.15) is 0 Å². The fraction of sp³-hybridized carbons (Fsp3) is 0.375. The average Bonchev–Trinajstić information content (AvgIpc) is 2.94. The van der Waals surface area contributed by atoms with Crippen molar-refractivity contribution in [2.75, 3.05) is 6.54 Å². The van der Waals surface area contributed by atoms with Gasteiger partial charge < -0.3 is 10.6 Å². The van der Waals surface area contributed by atoms with E-state index < -0.39 is 24.7 Å². The van der Waals surface area contributed by atoms with Crippen molar-refractivity contribution in [1.29, 1.82) is 0 Å². The molecule has 1 heterocycles. The average molecular weight is 340 g/mol. The molecule has 0 saturated heterocycles. The van der Waals surface area contributed by atoms with Gasteiger partial charge in [0.05, 0.1) is 18.2 Å². The molecule has 0 radical (unpaired) electrons. The van der Waals surface area contributed by atoms with Crippen LogP contribution in [0.15, 0.2) is 42.7 Å². The van der Waals surface area contributed by atoms with E-state index >= 15 is 0 Å². The highest BCUT2D eigenvalue weighted by atomic mass is 19.4. The summed E-state index contributed by atoms with van der Waals surface area (Å²) >= 11 is 0. The van der Waals surface area contributed by atoms with Gasteiger partial charge in [-0.1, -0.05) is 30.3 Å². The maximum atomic E-state index is 13.2. The first-order valence-corrected chi connectivity index (χ1v) is 7.42. The minimum atomic E-state index is -4.44. The second-order valence-electron chi connectivity index (χ2n) is 5.53. The normalized spacial score (nSPS) is 14.0. The molecule has 2 amide bonds. The van der Waals surface area contributed by atoms with Crippen LogP contribution in [-0.2, 0) is 7.05 Å². The first kappa shape index (κ1) is 17.8. The molecule has 0 aliphatic carbocycles. The van der Waals surface area contributed by atoms with Crippen molar-refractivity contribution >= 4 is 6.03 Å². The molecule has 5 nitrogen and oxygen atoms in total. The summed E-state index contributed by atoms with van der Waals surface area (Å²) in [5.74, 6) is -1.75. The third-order valence-electron chi connectivity index (χ3n) is 3.64. The van der Waals surface area contributed by atoms with E-state index in [1.807, 2.05) is 0 Å². The van der Waals surface area contributed by atoms with Crippen LogP contribution < -0.4 is 10.6 Å². The highest BCUT2D eigenvalue weighted by molar-refractivity contribution is 5.74. The molecule has 2 aromatic rings. The number of amides is 2. The predicted octanol–water partition coefficient (Wildman–Crippen LogP) is 3.13. The molecule has 0 aliphatic heterocycles. The van der Waals surface area contributed by atoms with Crippen molar-refractivity contribution in [2.45, 2.75) is 25.1 Å². The van der Waals surface area contributed by atoms with Crippen LogP contribution in [0.2, 0.25) is 0 Å². The molecule has 8 heteroatoms. The van der Waals surface area contributed by atoms with Crippen LogP contribution in [0.4, 0.5) is 18.0 Å². The molecule has 130 valence electrons. The van der Waals surface area contributed by atoms with E-state index in [-0.39, 0.29) is 11.6 Å². The minimum absolute atomic E-state index is 0.116. The van der Waals surface area contributed by atoms with Gasteiger partial charge in [0.25, 0.3) is 0 Å². The molecule has 0 spiro atoms. The Bertz CT molecular complexity index is 669. The van der Waals surface area contributed by atoms with Gasteiger partial charge in [-0.2, -0.15) is 18.3 Å². The molecule has 0 saturated carbocycles. The van der Waals surface area contributed by atoms with Crippen LogP contribution in [0.1, 0.15) is 30.0 Å². The van der Waals surface area contributed by atoms with Gasteiger partial charge in [-0.15, -0.1) is 0 Å². The van der Waals surface area contributed by atoms with Crippen molar-refractivity contribution in [3.8, 4) is 0 Å². The topological polar surface area (TPSA) is 59.0 Å². The van der Waals surface area contributed by atoms with Crippen LogP contribution >= 0.6 is 0 Å². The number of urea groups is 1. The lowest BCUT2D eigenvalue weighted by molar-refractivity contribution is -0.149. The van der Waals surface area contributed by atoms with E-state index in [0.717, 1.165) is 5.56 Å². The number of benzene rings is 1. The number of hydrogen-bond donors (Lipinski definition) is 2. The van der Waals surface area contributed by atoms with E-state index in [1.54, 1.807) is 49.2 Å². The molecule has 0 fully saturated rings. The number of nitrogens with zero attached hydrogens (tertiary/aromatic N) is 2. The number of alkyl halides is 3. The maximum absolute atomic E-state index is 13.2. The molecule has 0 aliphatic rings. The fourth-order valence-corrected chi connectivity index (χ4v) is 2.30. The molecule has 0 unspecified atom stereocenters. The number of rotatable bonds is 5. The molecular formula is C16H19F3N4O. The Balaban J connectivity index is 1.95. The summed E-state index contributed by atoms with van der Waals surface area (Å²) < 4.78 is 41.2. The molecule has 1 aromatic carbocycles. The monoisotopic (exact) mass is 340 g/mol. The van der Waals surface area contributed by atoms with Gasteiger partial charge in [-0.05, 0) is 12.5 Å². The van der Waals surface area contributed by atoms with Crippen molar-refractivity contribution < 1.29 is 18.0 Å². The number of carbonyl (C=O) groups is 1. The third kappa shape index (κ3) is 4.74. The van der Waals surface area contributed by atoms with Crippen molar-refractivity contribution in [3.63, 3.8) is 0 Å². The first-order valence-electron chi connectivity index (χ1n) is 7.42. The van der Waals surface area contributed by atoms with E-state index in [4.69, 9.17) is 0 Å². The number of aromatic nitrogens is 2. The summed E-state index contributed by atoms with van der Waals surface area (Å²) in [6.45, 7) is 1.20. The zero-order valence-electron chi connectivity index (χ0n) is 13.3. The van der Waals surface area contributed by atoms with Crippen LogP contribution in [0, 0.1) is 0 Å². The lowest BCUT2D eigenvalue weighted by atomic mass is 9.98. The van der Waals surface area contributed by atoms with Crippen LogP contribution in [0.25, 0.3) is 0 Å². The van der Waals surface area contributed by atoms with Gasteiger partial charge >= 0.3 is 12.2 Å². The van der Waals surface area contributed by atoms with E-state index in [9.17, 15) is 18.0 Å². The second-order valence-corrected chi connectivity index (χ2v) is 5.53. The Morgan fingerprint density at radius 2 is 1.92 bits per heavy atom. The molecule has 2 N–H and O–H groups in total. The molecule has 24 heavy (non-hydrogen) atoms. The summed E-state index contributed by atoms with van der Waals surface area (Å²) in [5.41, 5.74) is 0.883. The van der Waals surface area contributed by atoms with Crippen molar-refractivity contribution in [1.82, 2.24) is 20.4 Å². The summed E-state index contributed by atoms with van der Waals surface area (Å²) in [6, 6.07) is 6.51. The van der Waals surface area contributed by atoms with E-state index in [1.165, 1.54) is 12.1 Å². The fourth-order valence-electron chi connectivity index (χ4n) is 2.30. The summed E-state index contributed by atoms with van der Waals surface area (Å²) in [5, 5.41) is 8.88. The van der Waals surface area contributed by atoms with E-state index in [0.29, 0.717) is 0 Å². The Kier molecular flexibility index (Phi) is 5.48. The van der Waals surface area contributed by atoms with Crippen LogP contribution in [-0.4, -0.2) is 28.5 Å². The summed E-state index contributed by atoms with van der Waals surface area (Å²) in [6.07, 6.45) is -1.12. The number of aryl methyl sites for hydroxylation is 1. The smallest absolute Gasteiger partial charge is 0.337 e. The van der Waals surface area contributed by atoms with Gasteiger partial charge in [-0.3, -0.25) is 4.68 Å². The number of nitrogens with one attached hydrogen (secondary N) is 2. The Labute approximate surface area is 137 Å². The Morgan fingerprint density at radius 3 is 2.46 bits per heavy atom. The zero-order valence-corrected chi connectivity index (χ0v) is 13.3. The lowest BCUT2D eigenvalue weighted by Crippen LogP contribution is -2.41. The minimum Gasteiger partial charge on any atom is -0.337 e. The zero-order chi connectivity index (χ0) is 17.7. The Morgan fingerprint density at radius 1 is 1.25 bits per heavy atom. The highest BCUT2D eigenvalue weighted by Crippen LogP contribution is 2.34. The van der Waals surface area contributed by atoms with Crippen LogP contribution in [0.5, 0.6) is 0 Å². The lowest BCUT2D eigenvalue weighted by Gasteiger charge is -2.22. The standard InChI is InChI=1S/C16H19F3N4O/c1-11(13-8-21-23(2)10-13)22-15(24)20-9-14(16(17,18)19)12-6-4-3-5-7-12/h3-8,10-11,14H,9H2,1-2H3,(H2,20,22,24)/t11-,14+/m1/s1. The molecule has 2 rings (SSSR count). The summed E-state index contributed by atoms with van der Waals surface area (Å²) in [4.78, 5) is 11.9. The molecule has 0 bridgehead atoms. The summed E-state index contributed by atoms with van der Waals surface area (Å²) in [7, 11) is 1.74. The van der Waals surface area contributed by atoms with E-state index in [2.05, 4.69) is 15.7 Å². The maximum Gasteiger partial charge on any atom is 0.397 e. The van der Waals surface area contributed by atoms with Crippen LogP contribution in [0.3, 0.4) is 0 Å². The Hall–Kier alpha value is -2.51. The largest absolute Gasteiger partial charge is 0.397 e. The molecular weight excluding hydrogens is 321 g/mol. The van der Waals surface area contributed by atoms with Crippen molar-refractivity contribution in [2.24, 2.45) is 7.05 Å². The number of halogens is 3. The van der Waals surface area contributed by atoms with Gasteiger partial charge in [0.15, 0.2) is 0 Å². The number of carbonyl (C=O) groups excluding carboxylic acids is 1. The quantitative estimate of drug-likeness (QED) is 0.879. The van der Waals surface area contributed by atoms with Crippen molar-refractivity contribution in [3.05, 3.63) is 53.9 Å².